The second kappa shape index (κ2) is 5.91. The van der Waals surface area contributed by atoms with E-state index in [0.29, 0.717) is 12.0 Å². The number of alkyl halides is 3. The molecular weight excluding hydrogens is 257 g/mol. The number of hydrogen-bond donors (Lipinski definition) is 0. The topological polar surface area (TPSA) is 26.3 Å². The molecule has 0 bridgehead atoms. The summed E-state index contributed by atoms with van der Waals surface area (Å²) in [5.41, 5.74) is 0.144. The van der Waals surface area contributed by atoms with Crippen LogP contribution in [0.15, 0.2) is 36.4 Å². The van der Waals surface area contributed by atoms with Crippen LogP contribution in [0.2, 0.25) is 0 Å². The molecule has 0 radical (unpaired) electrons. The molecule has 0 N–H and O–H groups in total. The minimum Gasteiger partial charge on any atom is -0.466 e. The minimum absolute atomic E-state index is 0.241. The Morgan fingerprint density at radius 3 is 2.21 bits per heavy atom. The molecule has 1 rings (SSSR count). The molecule has 0 heterocycles. The second-order valence-corrected chi connectivity index (χ2v) is 4.10. The Balaban J connectivity index is 3.01. The number of ether oxygens (including phenoxy) is 1. The van der Waals surface area contributed by atoms with Crippen LogP contribution in [0.3, 0.4) is 0 Å². The van der Waals surface area contributed by atoms with Crippen LogP contribution in [0, 0.1) is 0 Å². The molecule has 2 nitrogen and oxygen atoms in total. The Morgan fingerprint density at radius 2 is 1.84 bits per heavy atom. The maximum atomic E-state index is 12.5. The van der Waals surface area contributed by atoms with Crippen LogP contribution in [-0.4, -0.2) is 13.1 Å². The molecule has 0 aliphatic rings. The van der Waals surface area contributed by atoms with E-state index in [4.69, 9.17) is 0 Å². The van der Waals surface area contributed by atoms with Crippen molar-refractivity contribution in [2.45, 2.75) is 25.4 Å². The molecular formula is C14H15F3O2. The van der Waals surface area contributed by atoms with Crippen LogP contribution < -0.4 is 0 Å². The SMILES string of the molecule is C=C(C(=O)OC)[C@H](CC)c1ccc(C(F)(F)F)cc1. The standard InChI is InChI=1S/C14H15F3O2/c1-4-12(9(2)13(18)19-3)10-5-7-11(8-6-10)14(15,16)17/h5-8,12H,2,4H2,1,3H3/t12-/m0/s1. The molecule has 1 aromatic rings. The monoisotopic (exact) mass is 272 g/mol. The Bertz CT molecular complexity index is 461. The molecule has 0 fully saturated rings. The normalized spacial score (nSPS) is 12.9. The predicted molar refractivity (Wildman–Crippen MR) is 65.6 cm³/mol. The average molecular weight is 272 g/mol. The molecule has 5 heteroatoms. The molecule has 0 saturated carbocycles. The summed E-state index contributed by atoms with van der Waals surface area (Å²) in [5, 5.41) is 0. The van der Waals surface area contributed by atoms with Crippen molar-refractivity contribution in [2.75, 3.05) is 7.11 Å². The van der Waals surface area contributed by atoms with Crippen LogP contribution in [-0.2, 0) is 15.7 Å². The first-order chi connectivity index (χ1) is 8.81. The van der Waals surface area contributed by atoms with Gasteiger partial charge in [-0.3, -0.25) is 0 Å². The summed E-state index contributed by atoms with van der Waals surface area (Å²) in [6, 6.07) is 4.74. The van der Waals surface area contributed by atoms with Crippen molar-refractivity contribution < 1.29 is 22.7 Å². The number of esters is 1. The van der Waals surface area contributed by atoms with E-state index in [9.17, 15) is 18.0 Å². The summed E-state index contributed by atoms with van der Waals surface area (Å²) >= 11 is 0. The molecule has 0 unspecified atom stereocenters. The smallest absolute Gasteiger partial charge is 0.416 e. The Hall–Kier alpha value is -1.78. The largest absolute Gasteiger partial charge is 0.466 e. The molecule has 0 amide bonds. The molecule has 104 valence electrons. The van der Waals surface area contributed by atoms with Crippen molar-refractivity contribution in [3.8, 4) is 0 Å². The van der Waals surface area contributed by atoms with Gasteiger partial charge in [0.1, 0.15) is 0 Å². The van der Waals surface area contributed by atoms with E-state index < -0.39 is 17.7 Å². The van der Waals surface area contributed by atoms with E-state index in [1.165, 1.54) is 19.2 Å². The number of methoxy groups -OCH3 is 1. The van der Waals surface area contributed by atoms with Crippen molar-refractivity contribution >= 4 is 5.97 Å². The van der Waals surface area contributed by atoms with E-state index in [1.54, 1.807) is 0 Å². The summed E-state index contributed by atoms with van der Waals surface area (Å²) in [4.78, 5) is 11.4. The van der Waals surface area contributed by atoms with Gasteiger partial charge in [0.2, 0.25) is 0 Å². The van der Waals surface area contributed by atoms with Gasteiger partial charge in [-0.1, -0.05) is 25.6 Å². The Labute approximate surface area is 109 Å². The van der Waals surface area contributed by atoms with Crippen LogP contribution in [0.5, 0.6) is 0 Å². The van der Waals surface area contributed by atoms with E-state index in [0.717, 1.165) is 12.1 Å². The number of carbonyl (C=O) groups excluding carboxylic acids is 1. The fourth-order valence-corrected chi connectivity index (χ4v) is 1.86. The zero-order valence-electron chi connectivity index (χ0n) is 10.8. The van der Waals surface area contributed by atoms with Gasteiger partial charge < -0.3 is 4.74 Å². The molecule has 1 aromatic carbocycles. The molecule has 0 aromatic heterocycles. The molecule has 1 atom stereocenters. The third-order valence-electron chi connectivity index (χ3n) is 2.92. The summed E-state index contributed by atoms with van der Waals surface area (Å²) in [6.45, 7) is 5.48. The first kappa shape index (κ1) is 15.3. The lowest BCUT2D eigenvalue weighted by Gasteiger charge is -2.17. The van der Waals surface area contributed by atoms with E-state index >= 15 is 0 Å². The van der Waals surface area contributed by atoms with Crippen LogP contribution in [0.1, 0.15) is 30.4 Å². The maximum absolute atomic E-state index is 12.5. The zero-order chi connectivity index (χ0) is 14.6. The summed E-state index contributed by atoms with van der Waals surface area (Å²) in [6.07, 6.45) is -3.81. The highest BCUT2D eigenvalue weighted by Gasteiger charge is 2.30. The highest BCUT2D eigenvalue weighted by molar-refractivity contribution is 5.89. The lowest BCUT2D eigenvalue weighted by atomic mass is 9.89. The lowest BCUT2D eigenvalue weighted by Crippen LogP contribution is -2.12. The molecule has 0 spiro atoms. The van der Waals surface area contributed by atoms with Gasteiger partial charge in [0.15, 0.2) is 0 Å². The van der Waals surface area contributed by atoms with Gasteiger partial charge in [-0.15, -0.1) is 0 Å². The van der Waals surface area contributed by atoms with Crippen LogP contribution in [0.25, 0.3) is 0 Å². The van der Waals surface area contributed by atoms with Gasteiger partial charge in [-0.25, -0.2) is 4.79 Å². The Morgan fingerprint density at radius 1 is 1.32 bits per heavy atom. The number of halogens is 3. The van der Waals surface area contributed by atoms with E-state index in [2.05, 4.69) is 11.3 Å². The quantitative estimate of drug-likeness (QED) is 0.613. The van der Waals surface area contributed by atoms with Gasteiger partial charge in [0.05, 0.1) is 12.7 Å². The van der Waals surface area contributed by atoms with E-state index in [1.807, 2.05) is 6.92 Å². The van der Waals surface area contributed by atoms with Crippen LogP contribution >= 0.6 is 0 Å². The summed E-state index contributed by atoms with van der Waals surface area (Å²) in [7, 11) is 1.24. The minimum atomic E-state index is -4.36. The lowest BCUT2D eigenvalue weighted by molar-refractivity contribution is -0.138. The first-order valence-electron chi connectivity index (χ1n) is 5.75. The van der Waals surface area contributed by atoms with Crippen molar-refractivity contribution in [3.63, 3.8) is 0 Å². The fraction of sp³-hybridized carbons (Fsp3) is 0.357. The fourth-order valence-electron chi connectivity index (χ4n) is 1.86. The third kappa shape index (κ3) is 3.59. The molecule has 0 aliphatic heterocycles. The van der Waals surface area contributed by atoms with Crippen molar-refractivity contribution in [1.82, 2.24) is 0 Å². The maximum Gasteiger partial charge on any atom is 0.416 e. The van der Waals surface area contributed by atoms with Crippen molar-refractivity contribution in [3.05, 3.63) is 47.5 Å². The van der Waals surface area contributed by atoms with Crippen LogP contribution in [0.4, 0.5) is 13.2 Å². The van der Waals surface area contributed by atoms with Gasteiger partial charge >= 0.3 is 12.1 Å². The summed E-state index contributed by atoms with van der Waals surface area (Å²) in [5.74, 6) is -0.888. The van der Waals surface area contributed by atoms with Crippen molar-refractivity contribution in [2.24, 2.45) is 0 Å². The molecule has 19 heavy (non-hydrogen) atoms. The van der Waals surface area contributed by atoms with Gasteiger partial charge in [0, 0.05) is 11.5 Å². The van der Waals surface area contributed by atoms with Gasteiger partial charge in [0.25, 0.3) is 0 Å². The summed E-state index contributed by atoms with van der Waals surface area (Å²) < 4.78 is 41.9. The Kier molecular flexibility index (Phi) is 4.75. The highest BCUT2D eigenvalue weighted by Crippen LogP contribution is 2.32. The second-order valence-electron chi connectivity index (χ2n) is 4.10. The highest BCUT2D eigenvalue weighted by atomic mass is 19.4. The van der Waals surface area contributed by atoms with E-state index in [-0.39, 0.29) is 11.5 Å². The predicted octanol–water partition coefficient (Wildman–Crippen LogP) is 3.93. The number of rotatable bonds is 4. The number of benzene rings is 1. The van der Waals surface area contributed by atoms with Gasteiger partial charge in [-0.05, 0) is 24.1 Å². The third-order valence-corrected chi connectivity index (χ3v) is 2.92. The number of carbonyl (C=O) groups is 1. The number of hydrogen-bond acceptors (Lipinski definition) is 2. The van der Waals surface area contributed by atoms with Gasteiger partial charge in [-0.2, -0.15) is 13.2 Å². The average Bonchev–Trinajstić information content (AvgIpc) is 2.38. The molecule has 0 saturated heterocycles. The first-order valence-corrected chi connectivity index (χ1v) is 5.75. The van der Waals surface area contributed by atoms with Crippen molar-refractivity contribution in [1.29, 1.82) is 0 Å². The molecule has 0 aliphatic carbocycles. The zero-order valence-corrected chi connectivity index (χ0v) is 10.8.